The van der Waals surface area contributed by atoms with Gasteiger partial charge in [0, 0.05) is 17.2 Å². The lowest BCUT2D eigenvalue weighted by atomic mass is 10.0. The van der Waals surface area contributed by atoms with E-state index in [2.05, 4.69) is 0 Å². The van der Waals surface area contributed by atoms with Gasteiger partial charge in [-0.1, -0.05) is 12.1 Å². The standard InChI is InChI=1S/C16H9F5O/c17-13-5-6-14(15(18)8-13)11(9-22)7-10-1-3-12(4-2-10)16(19,20)21/h1-9H/b11-7+. The van der Waals surface area contributed by atoms with Crippen molar-refractivity contribution >= 4 is 17.9 Å². The molecule has 0 N–H and O–H groups in total. The van der Waals surface area contributed by atoms with Crippen molar-refractivity contribution in [2.45, 2.75) is 6.18 Å². The third-order valence-electron chi connectivity index (χ3n) is 2.93. The Hall–Kier alpha value is -2.50. The van der Waals surface area contributed by atoms with E-state index in [4.69, 9.17) is 0 Å². The Morgan fingerprint density at radius 2 is 1.59 bits per heavy atom. The molecule has 0 bridgehead atoms. The van der Waals surface area contributed by atoms with E-state index in [1.165, 1.54) is 6.08 Å². The quantitative estimate of drug-likeness (QED) is 0.347. The minimum Gasteiger partial charge on any atom is -0.298 e. The first kappa shape index (κ1) is 15.9. The summed E-state index contributed by atoms with van der Waals surface area (Å²) in [5.74, 6) is -1.72. The first-order valence-electron chi connectivity index (χ1n) is 6.11. The van der Waals surface area contributed by atoms with E-state index in [9.17, 15) is 26.7 Å². The second-order valence-electron chi connectivity index (χ2n) is 4.46. The minimum absolute atomic E-state index is 0.0998. The zero-order chi connectivity index (χ0) is 16.3. The number of aldehydes is 1. The van der Waals surface area contributed by atoms with Crippen LogP contribution in [0, 0.1) is 11.6 Å². The van der Waals surface area contributed by atoms with Crippen LogP contribution in [0.3, 0.4) is 0 Å². The summed E-state index contributed by atoms with van der Waals surface area (Å²) in [5, 5.41) is 0. The van der Waals surface area contributed by atoms with Gasteiger partial charge in [0.25, 0.3) is 0 Å². The maximum atomic E-state index is 13.6. The van der Waals surface area contributed by atoms with Crippen LogP contribution in [-0.2, 0) is 11.0 Å². The van der Waals surface area contributed by atoms with Gasteiger partial charge in [-0.3, -0.25) is 4.79 Å². The molecule has 0 radical (unpaired) electrons. The van der Waals surface area contributed by atoms with E-state index >= 15 is 0 Å². The Morgan fingerprint density at radius 3 is 2.09 bits per heavy atom. The highest BCUT2D eigenvalue weighted by molar-refractivity contribution is 6.13. The second-order valence-corrected chi connectivity index (χ2v) is 4.46. The topological polar surface area (TPSA) is 17.1 Å². The van der Waals surface area contributed by atoms with Crippen LogP contribution in [0.5, 0.6) is 0 Å². The zero-order valence-electron chi connectivity index (χ0n) is 11.0. The third kappa shape index (κ3) is 3.58. The maximum absolute atomic E-state index is 13.6. The van der Waals surface area contributed by atoms with Gasteiger partial charge in [-0.15, -0.1) is 0 Å². The fraction of sp³-hybridized carbons (Fsp3) is 0.0625. The molecule has 0 atom stereocenters. The van der Waals surface area contributed by atoms with Crippen molar-refractivity contribution in [2.24, 2.45) is 0 Å². The van der Waals surface area contributed by atoms with Crippen molar-refractivity contribution in [3.8, 4) is 0 Å². The molecule has 2 aromatic rings. The van der Waals surface area contributed by atoms with Crippen LogP contribution in [0.4, 0.5) is 22.0 Å². The Labute approximate surface area is 122 Å². The van der Waals surface area contributed by atoms with Crippen LogP contribution >= 0.6 is 0 Å². The normalized spacial score (nSPS) is 12.3. The van der Waals surface area contributed by atoms with Crippen molar-refractivity contribution in [3.63, 3.8) is 0 Å². The Kier molecular flexibility index (Phi) is 4.40. The number of hydrogen-bond acceptors (Lipinski definition) is 1. The number of rotatable bonds is 3. The molecule has 0 unspecified atom stereocenters. The SMILES string of the molecule is O=C/C(=C\c1ccc(C(F)(F)F)cc1)c1ccc(F)cc1F. The molecule has 22 heavy (non-hydrogen) atoms. The minimum atomic E-state index is -4.46. The molecule has 2 rings (SSSR count). The number of carbonyl (C=O) groups excluding carboxylic acids is 1. The molecule has 1 nitrogen and oxygen atoms in total. The number of hydrogen-bond donors (Lipinski definition) is 0. The highest BCUT2D eigenvalue weighted by Crippen LogP contribution is 2.29. The van der Waals surface area contributed by atoms with Gasteiger partial charge in [0.05, 0.1) is 5.56 Å². The van der Waals surface area contributed by atoms with Gasteiger partial charge in [-0.25, -0.2) is 8.78 Å². The van der Waals surface area contributed by atoms with Gasteiger partial charge >= 0.3 is 6.18 Å². The van der Waals surface area contributed by atoms with Gasteiger partial charge in [0.2, 0.25) is 0 Å². The third-order valence-corrected chi connectivity index (χ3v) is 2.93. The van der Waals surface area contributed by atoms with Crippen molar-refractivity contribution in [3.05, 3.63) is 70.8 Å². The molecule has 0 aromatic heterocycles. The monoisotopic (exact) mass is 312 g/mol. The highest BCUT2D eigenvalue weighted by atomic mass is 19.4. The van der Waals surface area contributed by atoms with E-state index in [1.807, 2.05) is 0 Å². The number of allylic oxidation sites excluding steroid dienone is 1. The molecular weight excluding hydrogens is 303 g/mol. The Bertz CT molecular complexity index is 714. The van der Waals surface area contributed by atoms with E-state index in [1.54, 1.807) is 0 Å². The molecule has 114 valence electrons. The molecule has 2 aromatic carbocycles. The lowest BCUT2D eigenvalue weighted by Crippen LogP contribution is -2.04. The summed E-state index contributed by atoms with van der Waals surface area (Å²) in [6, 6.07) is 6.74. The van der Waals surface area contributed by atoms with Gasteiger partial charge < -0.3 is 0 Å². The van der Waals surface area contributed by atoms with E-state index in [0.29, 0.717) is 17.9 Å². The smallest absolute Gasteiger partial charge is 0.298 e. The van der Waals surface area contributed by atoms with E-state index in [0.717, 1.165) is 36.4 Å². The molecule has 0 heterocycles. The van der Waals surface area contributed by atoms with Crippen molar-refractivity contribution in [2.75, 3.05) is 0 Å². The zero-order valence-corrected chi connectivity index (χ0v) is 11.0. The summed E-state index contributed by atoms with van der Waals surface area (Å²) >= 11 is 0. The van der Waals surface area contributed by atoms with Gasteiger partial charge in [-0.05, 0) is 35.9 Å². The van der Waals surface area contributed by atoms with Crippen LogP contribution in [0.2, 0.25) is 0 Å². The van der Waals surface area contributed by atoms with Gasteiger partial charge in [0.15, 0.2) is 6.29 Å². The second kappa shape index (κ2) is 6.09. The molecule has 0 aliphatic carbocycles. The van der Waals surface area contributed by atoms with Crippen LogP contribution in [0.15, 0.2) is 42.5 Å². The number of benzene rings is 2. The molecular formula is C16H9F5O. The largest absolute Gasteiger partial charge is 0.416 e. The van der Waals surface area contributed by atoms with Crippen molar-refractivity contribution < 1.29 is 26.7 Å². The fourth-order valence-corrected chi connectivity index (χ4v) is 1.85. The van der Waals surface area contributed by atoms with Gasteiger partial charge in [0.1, 0.15) is 11.6 Å². The predicted molar refractivity (Wildman–Crippen MR) is 71.7 cm³/mol. The summed E-state index contributed by atoms with van der Waals surface area (Å²) in [5.41, 5.74) is -0.766. The molecule has 0 spiro atoms. The molecule has 0 saturated heterocycles. The van der Waals surface area contributed by atoms with Crippen LogP contribution in [0.25, 0.3) is 11.6 Å². The molecule has 0 aliphatic heterocycles. The van der Waals surface area contributed by atoms with E-state index < -0.39 is 23.4 Å². The predicted octanol–water partition coefficient (Wildman–Crippen LogP) is 4.72. The van der Waals surface area contributed by atoms with E-state index in [-0.39, 0.29) is 11.1 Å². The van der Waals surface area contributed by atoms with Crippen LogP contribution in [-0.4, -0.2) is 6.29 Å². The molecule has 0 aliphatic rings. The molecule has 0 amide bonds. The summed E-state index contributed by atoms with van der Waals surface area (Å²) in [6.07, 6.45) is -2.88. The average molecular weight is 312 g/mol. The molecule has 0 saturated carbocycles. The average Bonchev–Trinajstić information content (AvgIpc) is 2.45. The lowest BCUT2D eigenvalue weighted by molar-refractivity contribution is -0.137. The highest BCUT2D eigenvalue weighted by Gasteiger charge is 2.29. The van der Waals surface area contributed by atoms with Crippen LogP contribution < -0.4 is 0 Å². The Balaban J connectivity index is 2.39. The summed E-state index contributed by atoms with van der Waals surface area (Å²) in [6.45, 7) is 0. The molecule has 6 heteroatoms. The first-order chi connectivity index (χ1) is 10.3. The van der Waals surface area contributed by atoms with Crippen molar-refractivity contribution in [1.29, 1.82) is 0 Å². The Morgan fingerprint density at radius 1 is 0.955 bits per heavy atom. The molecule has 0 fully saturated rings. The summed E-state index contributed by atoms with van der Waals surface area (Å²) in [7, 11) is 0. The number of halogens is 5. The number of alkyl halides is 3. The summed E-state index contributed by atoms with van der Waals surface area (Å²) in [4.78, 5) is 11.1. The first-order valence-corrected chi connectivity index (χ1v) is 6.11. The lowest BCUT2D eigenvalue weighted by Gasteiger charge is -2.07. The van der Waals surface area contributed by atoms with Crippen molar-refractivity contribution in [1.82, 2.24) is 0 Å². The fourth-order valence-electron chi connectivity index (χ4n) is 1.85. The van der Waals surface area contributed by atoms with Gasteiger partial charge in [-0.2, -0.15) is 13.2 Å². The summed E-state index contributed by atoms with van der Waals surface area (Å²) < 4.78 is 63.8. The maximum Gasteiger partial charge on any atom is 0.416 e. The van der Waals surface area contributed by atoms with Crippen LogP contribution in [0.1, 0.15) is 16.7 Å². The number of carbonyl (C=O) groups is 1.